The average Bonchev–Trinajstić information content (AvgIpc) is 3.07. The number of hydrogen-bond acceptors (Lipinski definition) is 11. The van der Waals surface area contributed by atoms with E-state index in [2.05, 4.69) is 40.5 Å². The minimum absolute atomic E-state index is 0.0384. The molecule has 2 amide bonds. The van der Waals surface area contributed by atoms with Crippen LogP contribution >= 0.6 is 0 Å². The smallest absolute Gasteiger partial charge is 0.421 e. The number of carbonyl (C=O) groups is 1. The zero-order valence-corrected chi connectivity index (χ0v) is 26.4. The van der Waals surface area contributed by atoms with Gasteiger partial charge in [-0.1, -0.05) is 30.3 Å². The Morgan fingerprint density at radius 2 is 1.60 bits per heavy atom. The number of urea groups is 1. The monoisotopic (exact) mass is 664 g/mol. The summed E-state index contributed by atoms with van der Waals surface area (Å²) in [6.07, 6.45) is 4.86. The first-order chi connectivity index (χ1) is 23.0. The van der Waals surface area contributed by atoms with Crippen molar-refractivity contribution in [3.8, 4) is 17.1 Å². The molecular weight excluding hydrogens is 629 g/mol. The summed E-state index contributed by atoms with van der Waals surface area (Å²) < 4.78 is 46.2. The molecule has 13 nitrogen and oxygen atoms in total. The number of alkyl halides is 3. The number of nitrogens with one attached hydrogen (secondary N) is 2. The van der Waals surface area contributed by atoms with Crippen molar-refractivity contribution in [2.75, 3.05) is 35.3 Å². The summed E-state index contributed by atoms with van der Waals surface area (Å²) in [4.78, 5) is 42.1. The van der Waals surface area contributed by atoms with E-state index in [4.69, 9.17) is 4.74 Å². The molecular formula is C32H35F3N10O3. The molecule has 16 heteroatoms. The highest BCUT2D eigenvalue weighted by Crippen LogP contribution is 2.39. The number of aliphatic hydroxyl groups is 1. The van der Waals surface area contributed by atoms with Crippen LogP contribution in [0.3, 0.4) is 0 Å². The molecule has 2 aliphatic rings. The summed E-state index contributed by atoms with van der Waals surface area (Å²) >= 11 is 0. The van der Waals surface area contributed by atoms with Crippen molar-refractivity contribution in [3.63, 3.8) is 0 Å². The van der Waals surface area contributed by atoms with Gasteiger partial charge in [0.2, 0.25) is 11.9 Å². The minimum Gasteiger partial charge on any atom is -0.467 e. The van der Waals surface area contributed by atoms with Gasteiger partial charge >= 0.3 is 18.2 Å². The van der Waals surface area contributed by atoms with Gasteiger partial charge < -0.3 is 25.4 Å². The number of anilines is 3. The van der Waals surface area contributed by atoms with Crippen molar-refractivity contribution in [1.29, 1.82) is 0 Å². The van der Waals surface area contributed by atoms with E-state index in [-0.39, 0.29) is 54.9 Å². The fourth-order valence-electron chi connectivity index (χ4n) is 5.91. The lowest BCUT2D eigenvalue weighted by Crippen LogP contribution is -2.60. The van der Waals surface area contributed by atoms with Gasteiger partial charge in [-0.25, -0.2) is 29.7 Å². The van der Waals surface area contributed by atoms with E-state index < -0.39 is 17.3 Å². The molecule has 0 radical (unpaired) electrons. The van der Waals surface area contributed by atoms with Crippen LogP contribution in [0.2, 0.25) is 0 Å². The standard InChI is InChI=1S/C32H35F3N10O3/c1-31(47)18-44(19-31)26-25(32(33,34)35)17-36-27(43-26)42-23-8-10-24(11-9-23)45(30(46)41-12-20-6-4-3-5-7-20)28-37-13-21(14-38-28)22-15-39-29(48-2)40-16-22/h3-7,13-17,23-24,47H,8-12,18-19H2,1-2H3,(H,41,46)(H,36,42,43). The van der Waals surface area contributed by atoms with Gasteiger partial charge in [0.05, 0.1) is 12.7 Å². The first kappa shape index (κ1) is 32.8. The number of aromatic nitrogens is 6. The van der Waals surface area contributed by atoms with Crippen LogP contribution in [0, 0.1) is 0 Å². The van der Waals surface area contributed by atoms with E-state index in [0.29, 0.717) is 43.4 Å². The van der Waals surface area contributed by atoms with Gasteiger partial charge in [-0.05, 0) is 38.2 Å². The van der Waals surface area contributed by atoms with Crippen molar-refractivity contribution in [3.05, 3.63) is 72.4 Å². The largest absolute Gasteiger partial charge is 0.467 e. The summed E-state index contributed by atoms with van der Waals surface area (Å²) in [6.45, 7) is 1.96. The third-order valence-electron chi connectivity index (χ3n) is 8.33. The van der Waals surface area contributed by atoms with Crippen molar-refractivity contribution in [2.24, 2.45) is 0 Å². The second-order valence-corrected chi connectivity index (χ2v) is 12.2. The van der Waals surface area contributed by atoms with Crippen LogP contribution in [0.15, 0.2) is 61.3 Å². The normalized spacial score (nSPS) is 18.8. The second kappa shape index (κ2) is 13.5. The maximum atomic E-state index is 13.7. The third-order valence-corrected chi connectivity index (χ3v) is 8.33. The van der Waals surface area contributed by atoms with E-state index in [1.54, 1.807) is 36.6 Å². The van der Waals surface area contributed by atoms with Crippen molar-refractivity contribution < 1.29 is 27.8 Å². The molecule has 2 fully saturated rings. The third kappa shape index (κ3) is 7.54. The Morgan fingerprint density at radius 1 is 0.979 bits per heavy atom. The molecule has 3 N–H and O–H groups in total. The highest BCUT2D eigenvalue weighted by atomic mass is 19.4. The zero-order valence-electron chi connectivity index (χ0n) is 26.4. The summed E-state index contributed by atoms with van der Waals surface area (Å²) in [7, 11) is 1.48. The Hall–Kier alpha value is -5.12. The van der Waals surface area contributed by atoms with Gasteiger partial charge in [-0.3, -0.25) is 4.90 Å². The molecule has 252 valence electrons. The average molecular weight is 665 g/mol. The molecule has 1 aromatic carbocycles. The molecule has 6 rings (SSSR count). The van der Waals surface area contributed by atoms with Gasteiger partial charge in [0, 0.05) is 73.8 Å². The number of β-amino-alcohol motifs (C(OH)–C–C–N with tert-alkyl or cyclic N) is 1. The molecule has 4 heterocycles. The Morgan fingerprint density at radius 3 is 2.19 bits per heavy atom. The SMILES string of the molecule is COc1ncc(-c2cnc(N(C(=O)NCc3ccccc3)C3CCC(Nc4ncc(C(F)(F)F)c(N5CC(C)(O)C5)n4)CC3)nc2)cn1. The van der Waals surface area contributed by atoms with Gasteiger partial charge in [0.1, 0.15) is 11.4 Å². The van der Waals surface area contributed by atoms with Crippen LogP contribution in [0.4, 0.5) is 35.7 Å². The number of hydrogen-bond donors (Lipinski definition) is 3. The lowest BCUT2D eigenvalue weighted by atomic mass is 9.90. The Kier molecular flexibility index (Phi) is 9.26. The molecule has 0 atom stereocenters. The summed E-state index contributed by atoms with van der Waals surface area (Å²) in [6, 6.07) is 9.03. The first-order valence-electron chi connectivity index (χ1n) is 15.5. The predicted octanol–water partition coefficient (Wildman–Crippen LogP) is 4.46. The zero-order chi connectivity index (χ0) is 33.9. The van der Waals surface area contributed by atoms with E-state index in [1.165, 1.54) is 12.0 Å². The van der Waals surface area contributed by atoms with E-state index >= 15 is 0 Å². The lowest BCUT2D eigenvalue weighted by Gasteiger charge is -2.45. The highest BCUT2D eigenvalue weighted by Gasteiger charge is 2.43. The number of carbonyl (C=O) groups excluding carboxylic acids is 1. The van der Waals surface area contributed by atoms with Gasteiger partial charge in [-0.15, -0.1) is 0 Å². The molecule has 1 saturated heterocycles. The summed E-state index contributed by atoms with van der Waals surface area (Å²) in [5, 5.41) is 16.3. The van der Waals surface area contributed by atoms with Crippen molar-refractivity contribution in [2.45, 2.75) is 63.0 Å². The number of nitrogens with zero attached hydrogens (tertiary/aromatic N) is 8. The Labute approximate surface area is 274 Å². The number of methoxy groups -OCH3 is 1. The molecule has 0 bridgehead atoms. The number of rotatable bonds is 9. The molecule has 4 aromatic rings. The van der Waals surface area contributed by atoms with Crippen LogP contribution in [0.1, 0.15) is 43.7 Å². The van der Waals surface area contributed by atoms with Gasteiger partial charge in [0.15, 0.2) is 0 Å². The predicted molar refractivity (Wildman–Crippen MR) is 170 cm³/mol. The van der Waals surface area contributed by atoms with Crippen molar-refractivity contribution in [1.82, 2.24) is 35.2 Å². The number of ether oxygens (including phenoxy) is 1. The lowest BCUT2D eigenvalue weighted by molar-refractivity contribution is -0.137. The maximum Gasteiger partial charge on any atom is 0.421 e. The topological polar surface area (TPSA) is 154 Å². The second-order valence-electron chi connectivity index (χ2n) is 12.2. The number of amides is 2. The minimum atomic E-state index is -4.64. The Bertz CT molecular complexity index is 1690. The summed E-state index contributed by atoms with van der Waals surface area (Å²) in [5.74, 6) is 0.0476. The van der Waals surface area contributed by atoms with Crippen LogP contribution in [-0.4, -0.2) is 78.9 Å². The van der Waals surface area contributed by atoms with E-state index in [1.807, 2.05) is 30.3 Å². The summed E-state index contributed by atoms with van der Waals surface area (Å²) in [5.41, 5.74) is 0.258. The number of halogens is 3. The molecule has 0 unspecified atom stereocenters. The van der Waals surface area contributed by atoms with E-state index in [9.17, 15) is 23.1 Å². The van der Waals surface area contributed by atoms with Crippen molar-refractivity contribution >= 4 is 23.7 Å². The molecule has 0 spiro atoms. The van der Waals surface area contributed by atoms with Gasteiger partial charge in [-0.2, -0.15) is 18.2 Å². The van der Waals surface area contributed by atoms with E-state index in [0.717, 1.165) is 11.8 Å². The molecule has 1 aliphatic heterocycles. The highest BCUT2D eigenvalue weighted by molar-refractivity contribution is 5.90. The van der Waals surface area contributed by atoms with Crippen LogP contribution < -0.4 is 25.2 Å². The fourth-order valence-corrected chi connectivity index (χ4v) is 5.91. The number of benzene rings is 1. The van der Waals surface area contributed by atoms with Gasteiger partial charge in [0.25, 0.3) is 0 Å². The van der Waals surface area contributed by atoms with Crippen LogP contribution in [-0.2, 0) is 12.7 Å². The molecule has 1 saturated carbocycles. The first-order valence-corrected chi connectivity index (χ1v) is 15.5. The van der Waals surface area contributed by atoms with Crippen LogP contribution in [0.25, 0.3) is 11.1 Å². The quantitative estimate of drug-likeness (QED) is 0.232. The van der Waals surface area contributed by atoms with Crippen LogP contribution in [0.5, 0.6) is 6.01 Å². The molecule has 1 aliphatic carbocycles. The maximum absolute atomic E-state index is 13.7. The molecule has 48 heavy (non-hydrogen) atoms. The molecule has 3 aromatic heterocycles. The fraction of sp³-hybridized carbons (Fsp3) is 0.406. The Balaban J connectivity index is 1.16.